The van der Waals surface area contributed by atoms with Crippen LogP contribution in [-0.4, -0.2) is 55.6 Å². The Bertz CT molecular complexity index is 693. The van der Waals surface area contributed by atoms with Crippen LogP contribution in [0.5, 0.6) is 11.5 Å². The Labute approximate surface area is 174 Å². The molecule has 2 amide bonds. The molecule has 0 spiro atoms. The van der Waals surface area contributed by atoms with Crippen molar-refractivity contribution in [2.24, 2.45) is 5.92 Å². The molecule has 1 aromatic carbocycles. The van der Waals surface area contributed by atoms with Crippen LogP contribution in [0.4, 0.5) is 0 Å². The number of hydrogen-bond acceptors (Lipinski definition) is 5. The van der Waals surface area contributed by atoms with Crippen LogP contribution in [0.25, 0.3) is 0 Å². The van der Waals surface area contributed by atoms with Gasteiger partial charge in [-0.2, -0.15) is 0 Å². The van der Waals surface area contributed by atoms with Crippen LogP contribution >= 0.6 is 0 Å². The van der Waals surface area contributed by atoms with Gasteiger partial charge in [0.15, 0.2) is 0 Å². The summed E-state index contributed by atoms with van der Waals surface area (Å²) in [6.07, 6.45) is 1.63. The lowest BCUT2D eigenvalue weighted by molar-refractivity contribution is -0.128. The Morgan fingerprint density at radius 1 is 1.34 bits per heavy atom. The zero-order valence-electron chi connectivity index (χ0n) is 18.3. The Hall–Kier alpha value is -2.28. The van der Waals surface area contributed by atoms with Crippen LogP contribution in [0.15, 0.2) is 18.2 Å². The summed E-state index contributed by atoms with van der Waals surface area (Å²) in [6.45, 7) is 10.4. The lowest BCUT2D eigenvalue weighted by Crippen LogP contribution is -2.48. The number of methoxy groups -OCH3 is 1. The highest BCUT2D eigenvalue weighted by molar-refractivity contribution is 5.86. The standard InChI is InChI=1S/C22H35N3O4/c1-6-18-14-25(13-17-12-19(28-5)7-8-21(17)29-18)10-9-23-22(27)20(11-15(2)3)24-16(4)26/h7-8,12,15,18,20H,6,9-11,13-14H2,1-5H3,(H,23,27)(H,24,26)/t18?,20-/m0/s1. The first-order valence-electron chi connectivity index (χ1n) is 10.4. The van der Waals surface area contributed by atoms with Gasteiger partial charge in [-0.25, -0.2) is 0 Å². The van der Waals surface area contributed by atoms with Crippen molar-refractivity contribution in [3.63, 3.8) is 0 Å². The zero-order chi connectivity index (χ0) is 21.4. The lowest BCUT2D eigenvalue weighted by atomic mass is 10.0. The first-order valence-corrected chi connectivity index (χ1v) is 10.4. The van der Waals surface area contributed by atoms with Gasteiger partial charge in [0, 0.05) is 38.7 Å². The van der Waals surface area contributed by atoms with E-state index in [1.165, 1.54) is 6.92 Å². The second-order valence-electron chi connectivity index (χ2n) is 8.03. The average molecular weight is 406 g/mol. The van der Waals surface area contributed by atoms with Crippen LogP contribution < -0.4 is 20.1 Å². The minimum absolute atomic E-state index is 0.105. The molecule has 2 atom stereocenters. The third-order valence-corrected chi connectivity index (χ3v) is 5.00. The number of ether oxygens (including phenoxy) is 2. The summed E-state index contributed by atoms with van der Waals surface area (Å²) in [5.41, 5.74) is 1.09. The molecule has 1 aliphatic heterocycles. The van der Waals surface area contributed by atoms with E-state index in [0.717, 1.165) is 36.6 Å². The van der Waals surface area contributed by atoms with E-state index < -0.39 is 6.04 Å². The maximum Gasteiger partial charge on any atom is 0.242 e. The summed E-state index contributed by atoms with van der Waals surface area (Å²) in [7, 11) is 1.66. The van der Waals surface area contributed by atoms with Crippen molar-refractivity contribution < 1.29 is 19.1 Å². The first kappa shape index (κ1) is 23.0. The summed E-state index contributed by atoms with van der Waals surface area (Å²) in [4.78, 5) is 26.2. The van der Waals surface area contributed by atoms with Crippen molar-refractivity contribution in [1.82, 2.24) is 15.5 Å². The van der Waals surface area contributed by atoms with Crippen LogP contribution in [0.3, 0.4) is 0 Å². The minimum atomic E-state index is -0.492. The number of nitrogens with one attached hydrogen (secondary N) is 2. The molecule has 2 N–H and O–H groups in total. The van der Waals surface area contributed by atoms with Gasteiger partial charge in [-0.3, -0.25) is 14.5 Å². The van der Waals surface area contributed by atoms with Crippen LogP contribution in [0.1, 0.15) is 46.1 Å². The van der Waals surface area contributed by atoms with Crippen LogP contribution in [0.2, 0.25) is 0 Å². The highest BCUT2D eigenvalue weighted by Crippen LogP contribution is 2.29. The van der Waals surface area contributed by atoms with Crippen LogP contribution in [0, 0.1) is 5.92 Å². The number of rotatable bonds is 9. The number of benzene rings is 1. The first-order chi connectivity index (χ1) is 13.8. The molecule has 0 fully saturated rings. The van der Waals surface area contributed by atoms with Crippen molar-refractivity contribution in [3.8, 4) is 11.5 Å². The van der Waals surface area contributed by atoms with E-state index in [1.807, 2.05) is 32.0 Å². The molecule has 0 aromatic heterocycles. The molecule has 0 bridgehead atoms. The molecule has 0 radical (unpaired) electrons. The van der Waals surface area contributed by atoms with Crippen molar-refractivity contribution in [2.75, 3.05) is 26.7 Å². The Kier molecular flexibility index (Phi) is 8.76. The third kappa shape index (κ3) is 7.24. The van der Waals surface area contributed by atoms with E-state index in [-0.39, 0.29) is 17.9 Å². The Balaban J connectivity index is 1.97. The molecule has 1 unspecified atom stereocenters. The maximum atomic E-state index is 12.5. The van der Waals surface area contributed by atoms with E-state index in [4.69, 9.17) is 9.47 Å². The molecule has 162 valence electrons. The summed E-state index contributed by atoms with van der Waals surface area (Å²) >= 11 is 0. The minimum Gasteiger partial charge on any atom is -0.497 e. The second-order valence-corrected chi connectivity index (χ2v) is 8.03. The second kappa shape index (κ2) is 11.0. The number of carbonyl (C=O) groups excluding carboxylic acids is 2. The zero-order valence-corrected chi connectivity index (χ0v) is 18.3. The topological polar surface area (TPSA) is 79.9 Å². The van der Waals surface area contributed by atoms with E-state index >= 15 is 0 Å². The van der Waals surface area contributed by atoms with Gasteiger partial charge in [-0.1, -0.05) is 20.8 Å². The van der Waals surface area contributed by atoms with E-state index in [2.05, 4.69) is 22.5 Å². The number of amides is 2. The largest absolute Gasteiger partial charge is 0.497 e. The molecular weight excluding hydrogens is 370 g/mol. The molecule has 2 rings (SSSR count). The van der Waals surface area contributed by atoms with Crippen molar-refractivity contribution in [2.45, 2.75) is 59.2 Å². The molecular formula is C22H35N3O4. The van der Waals surface area contributed by atoms with Gasteiger partial charge in [-0.15, -0.1) is 0 Å². The summed E-state index contributed by atoms with van der Waals surface area (Å²) in [6, 6.07) is 5.40. The highest BCUT2D eigenvalue weighted by atomic mass is 16.5. The molecule has 7 heteroatoms. The quantitative estimate of drug-likeness (QED) is 0.659. The fourth-order valence-corrected chi connectivity index (χ4v) is 3.52. The van der Waals surface area contributed by atoms with Crippen molar-refractivity contribution in [1.29, 1.82) is 0 Å². The van der Waals surface area contributed by atoms with Gasteiger partial charge in [-0.05, 0) is 37.0 Å². The average Bonchev–Trinajstić information content (AvgIpc) is 2.84. The number of nitrogens with zero attached hydrogens (tertiary/aromatic N) is 1. The Morgan fingerprint density at radius 3 is 2.72 bits per heavy atom. The maximum absolute atomic E-state index is 12.5. The molecule has 1 aromatic rings. The molecule has 0 saturated carbocycles. The molecule has 0 aliphatic carbocycles. The van der Waals surface area contributed by atoms with Gasteiger partial charge >= 0.3 is 0 Å². The van der Waals surface area contributed by atoms with Gasteiger partial charge in [0.05, 0.1) is 7.11 Å². The van der Waals surface area contributed by atoms with Crippen molar-refractivity contribution in [3.05, 3.63) is 23.8 Å². The Morgan fingerprint density at radius 2 is 2.10 bits per heavy atom. The molecule has 0 saturated heterocycles. The van der Waals surface area contributed by atoms with Gasteiger partial charge < -0.3 is 20.1 Å². The summed E-state index contributed by atoms with van der Waals surface area (Å²) in [5.74, 6) is 1.70. The normalized spacial score (nSPS) is 17.7. The predicted octanol–water partition coefficient (Wildman–Crippen LogP) is 2.34. The summed E-state index contributed by atoms with van der Waals surface area (Å²) < 4.78 is 11.5. The van der Waals surface area contributed by atoms with Crippen molar-refractivity contribution >= 4 is 11.8 Å². The van der Waals surface area contributed by atoms with Crippen LogP contribution in [-0.2, 0) is 16.1 Å². The molecule has 29 heavy (non-hydrogen) atoms. The van der Waals surface area contributed by atoms with E-state index in [0.29, 0.717) is 25.4 Å². The third-order valence-electron chi connectivity index (χ3n) is 5.00. The fourth-order valence-electron chi connectivity index (χ4n) is 3.52. The SMILES string of the molecule is CCC1CN(CCNC(=O)[C@H](CC(C)C)NC(C)=O)Cc2cc(OC)ccc2O1. The summed E-state index contributed by atoms with van der Waals surface area (Å²) in [5, 5.41) is 5.73. The van der Waals surface area contributed by atoms with E-state index in [9.17, 15) is 9.59 Å². The van der Waals surface area contributed by atoms with Gasteiger partial charge in [0.2, 0.25) is 11.8 Å². The highest BCUT2D eigenvalue weighted by Gasteiger charge is 2.24. The number of hydrogen-bond donors (Lipinski definition) is 2. The fraction of sp³-hybridized carbons (Fsp3) is 0.636. The molecule has 7 nitrogen and oxygen atoms in total. The molecule has 1 aliphatic rings. The number of carbonyl (C=O) groups is 2. The van der Waals surface area contributed by atoms with Gasteiger partial charge in [0.25, 0.3) is 0 Å². The van der Waals surface area contributed by atoms with Gasteiger partial charge in [0.1, 0.15) is 23.6 Å². The predicted molar refractivity (Wildman–Crippen MR) is 113 cm³/mol. The smallest absolute Gasteiger partial charge is 0.242 e. The molecule has 1 heterocycles. The number of fused-ring (bicyclic) bond motifs is 1. The monoisotopic (exact) mass is 405 g/mol. The van der Waals surface area contributed by atoms with E-state index in [1.54, 1.807) is 7.11 Å². The lowest BCUT2D eigenvalue weighted by Gasteiger charge is -2.24.